The predicted molar refractivity (Wildman–Crippen MR) is 69.1 cm³/mol. The molecule has 18 heavy (non-hydrogen) atoms. The number of nitrogens with one attached hydrogen (secondary N) is 1. The number of pyridine rings is 1. The van der Waals surface area contributed by atoms with Crippen molar-refractivity contribution in [1.82, 2.24) is 4.98 Å². The number of para-hydroxylation sites is 1. The summed E-state index contributed by atoms with van der Waals surface area (Å²) >= 11 is 0. The molecule has 0 radical (unpaired) electrons. The number of hydrogen-bond acceptors (Lipinski definition) is 5. The molecule has 1 aromatic heterocycles. The van der Waals surface area contributed by atoms with Crippen LogP contribution in [0.25, 0.3) is 10.9 Å². The summed E-state index contributed by atoms with van der Waals surface area (Å²) in [6.07, 6.45) is 1.67. The van der Waals surface area contributed by atoms with Gasteiger partial charge in [-0.25, -0.2) is 0 Å². The molecular weight excluding hydrogens is 228 g/mol. The van der Waals surface area contributed by atoms with Gasteiger partial charge < -0.3 is 0 Å². The maximum atomic E-state index is 11.1. The van der Waals surface area contributed by atoms with Crippen molar-refractivity contribution in [3.05, 3.63) is 36.5 Å². The third-order valence-corrected chi connectivity index (χ3v) is 2.36. The molecule has 2 aromatic rings. The van der Waals surface area contributed by atoms with Crippen molar-refractivity contribution < 1.29 is 4.79 Å². The van der Waals surface area contributed by atoms with Crippen LogP contribution in [0.4, 0.5) is 5.69 Å². The normalized spacial score (nSPS) is 11.0. The molecule has 0 fully saturated rings. The smallest absolute Gasteiger partial charge is 0.203 e. The van der Waals surface area contributed by atoms with Crippen molar-refractivity contribution in [1.29, 1.82) is 5.26 Å². The van der Waals surface area contributed by atoms with E-state index < -0.39 is 0 Å². The Morgan fingerprint density at radius 3 is 2.89 bits per heavy atom. The summed E-state index contributed by atoms with van der Waals surface area (Å²) in [7, 11) is 0. The minimum Gasteiger partial charge on any atom is -0.292 e. The molecule has 0 amide bonds. The average Bonchev–Trinajstić information content (AvgIpc) is 2.39. The minimum atomic E-state index is -0.377. The minimum absolute atomic E-state index is 0.164. The lowest BCUT2D eigenvalue weighted by Crippen LogP contribution is -2.09. The summed E-state index contributed by atoms with van der Waals surface area (Å²) in [5.74, 6) is -0.377. The Morgan fingerprint density at radius 1 is 1.39 bits per heavy atom. The van der Waals surface area contributed by atoms with Gasteiger partial charge in [0.1, 0.15) is 6.07 Å². The summed E-state index contributed by atoms with van der Waals surface area (Å²) in [6, 6.07) is 11.1. The standard InChI is InChI=1S/C13H10N4O/c1-9(18)12(8-14)17-16-11-6-2-4-10-5-3-7-15-13(10)11/h2-7,16H,1H3/b17-12+. The van der Waals surface area contributed by atoms with Crippen LogP contribution < -0.4 is 5.43 Å². The highest BCUT2D eigenvalue weighted by atomic mass is 16.1. The summed E-state index contributed by atoms with van der Waals surface area (Å²) in [4.78, 5) is 15.3. The van der Waals surface area contributed by atoms with Crippen molar-refractivity contribution in [3.8, 4) is 6.07 Å². The van der Waals surface area contributed by atoms with E-state index in [0.717, 1.165) is 10.9 Å². The molecule has 88 valence electrons. The molecule has 0 aliphatic carbocycles. The fraction of sp³-hybridized carbons (Fsp3) is 0.0769. The summed E-state index contributed by atoms with van der Waals surface area (Å²) in [5, 5.41) is 13.5. The van der Waals surface area contributed by atoms with Crippen LogP contribution in [0, 0.1) is 11.3 Å². The van der Waals surface area contributed by atoms with Crippen LogP contribution in [-0.2, 0) is 4.79 Å². The quantitative estimate of drug-likeness (QED) is 0.656. The number of carbonyl (C=O) groups excluding carboxylic acids is 1. The van der Waals surface area contributed by atoms with Gasteiger partial charge in [0.15, 0.2) is 5.78 Å². The van der Waals surface area contributed by atoms with E-state index >= 15 is 0 Å². The lowest BCUT2D eigenvalue weighted by atomic mass is 10.2. The third-order valence-electron chi connectivity index (χ3n) is 2.36. The Bertz CT molecular complexity index is 665. The van der Waals surface area contributed by atoms with Gasteiger partial charge in [0.25, 0.3) is 0 Å². The zero-order valence-corrected chi connectivity index (χ0v) is 9.71. The van der Waals surface area contributed by atoms with E-state index in [1.165, 1.54) is 6.92 Å². The molecule has 1 heterocycles. The van der Waals surface area contributed by atoms with Gasteiger partial charge in [-0.15, -0.1) is 0 Å². The third kappa shape index (κ3) is 2.33. The zero-order chi connectivity index (χ0) is 13.0. The summed E-state index contributed by atoms with van der Waals surface area (Å²) in [5.41, 5.74) is 3.93. The number of Topliss-reactive ketones (excluding diaryl/α,β-unsaturated/α-hetero) is 1. The van der Waals surface area contributed by atoms with E-state index in [2.05, 4.69) is 15.5 Å². The molecular formula is C13H10N4O. The zero-order valence-electron chi connectivity index (χ0n) is 9.71. The number of hydrazone groups is 1. The highest BCUT2D eigenvalue weighted by molar-refractivity contribution is 6.45. The number of carbonyl (C=O) groups is 1. The van der Waals surface area contributed by atoms with Gasteiger partial charge in [-0.1, -0.05) is 18.2 Å². The Hall–Kier alpha value is -2.74. The molecule has 0 atom stereocenters. The summed E-state index contributed by atoms with van der Waals surface area (Å²) < 4.78 is 0. The molecule has 1 N–H and O–H groups in total. The number of nitriles is 1. The van der Waals surface area contributed by atoms with Crippen molar-refractivity contribution in [2.75, 3.05) is 5.43 Å². The van der Waals surface area contributed by atoms with Crippen LogP contribution in [0.1, 0.15) is 6.92 Å². The molecule has 0 bridgehead atoms. The lowest BCUT2D eigenvalue weighted by Gasteiger charge is -2.04. The van der Waals surface area contributed by atoms with E-state index in [1.807, 2.05) is 24.3 Å². The first-order valence-electron chi connectivity index (χ1n) is 5.31. The van der Waals surface area contributed by atoms with Gasteiger partial charge in [-0.2, -0.15) is 10.4 Å². The molecule has 0 unspecified atom stereocenters. The van der Waals surface area contributed by atoms with E-state index in [1.54, 1.807) is 18.3 Å². The van der Waals surface area contributed by atoms with Crippen LogP contribution in [0.5, 0.6) is 0 Å². The molecule has 0 saturated heterocycles. The average molecular weight is 238 g/mol. The Balaban J connectivity index is 2.39. The molecule has 0 aliphatic heterocycles. The number of aromatic nitrogens is 1. The van der Waals surface area contributed by atoms with Gasteiger partial charge in [-0.05, 0) is 12.1 Å². The first-order chi connectivity index (χ1) is 8.72. The molecule has 0 saturated carbocycles. The summed E-state index contributed by atoms with van der Waals surface area (Å²) in [6.45, 7) is 1.30. The fourth-order valence-corrected chi connectivity index (χ4v) is 1.49. The fourth-order valence-electron chi connectivity index (χ4n) is 1.49. The van der Waals surface area contributed by atoms with Gasteiger partial charge in [0.2, 0.25) is 5.71 Å². The van der Waals surface area contributed by atoms with Crippen LogP contribution in [-0.4, -0.2) is 16.5 Å². The Morgan fingerprint density at radius 2 is 2.17 bits per heavy atom. The van der Waals surface area contributed by atoms with Crippen LogP contribution >= 0.6 is 0 Å². The van der Waals surface area contributed by atoms with Gasteiger partial charge in [-0.3, -0.25) is 15.2 Å². The number of ketones is 1. The van der Waals surface area contributed by atoms with Crippen molar-refractivity contribution in [3.63, 3.8) is 0 Å². The lowest BCUT2D eigenvalue weighted by molar-refractivity contribution is -0.110. The second kappa shape index (κ2) is 5.06. The highest BCUT2D eigenvalue weighted by Gasteiger charge is 2.05. The molecule has 2 rings (SSSR count). The number of benzene rings is 1. The molecule has 0 aliphatic rings. The van der Waals surface area contributed by atoms with Gasteiger partial charge in [0, 0.05) is 18.5 Å². The first-order valence-corrected chi connectivity index (χ1v) is 5.31. The van der Waals surface area contributed by atoms with Crippen molar-refractivity contribution >= 4 is 28.1 Å². The Kier molecular flexibility index (Phi) is 3.30. The largest absolute Gasteiger partial charge is 0.292 e. The molecule has 5 nitrogen and oxygen atoms in total. The Labute approximate surface area is 104 Å². The monoisotopic (exact) mass is 238 g/mol. The number of nitrogens with zero attached hydrogens (tertiary/aromatic N) is 3. The number of anilines is 1. The molecule has 1 aromatic carbocycles. The van der Waals surface area contributed by atoms with Crippen LogP contribution in [0.2, 0.25) is 0 Å². The second-order valence-electron chi connectivity index (χ2n) is 3.62. The van der Waals surface area contributed by atoms with Crippen molar-refractivity contribution in [2.45, 2.75) is 6.92 Å². The first kappa shape index (κ1) is 11.7. The van der Waals surface area contributed by atoms with Gasteiger partial charge >= 0.3 is 0 Å². The van der Waals surface area contributed by atoms with E-state index in [-0.39, 0.29) is 11.5 Å². The topological polar surface area (TPSA) is 78.1 Å². The maximum Gasteiger partial charge on any atom is 0.203 e. The highest BCUT2D eigenvalue weighted by Crippen LogP contribution is 2.20. The number of rotatable bonds is 3. The number of hydrogen-bond donors (Lipinski definition) is 1. The number of fused-ring (bicyclic) bond motifs is 1. The maximum absolute atomic E-state index is 11.1. The van der Waals surface area contributed by atoms with Gasteiger partial charge in [0.05, 0.1) is 11.2 Å². The van der Waals surface area contributed by atoms with E-state index in [0.29, 0.717) is 5.69 Å². The van der Waals surface area contributed by atoms with Crippen molar-refractivity contribution in [2.24, 2.45) is 5.10 Å². The molecule has 0 spiro atoms. The van der Waals surface area contributed by atoms with E-state index in [9.17, 15) is 4.79 Å². The molecule has 5 heteroatoms. The van der Waals surface area contributed by atoms with Crippen LogP contribution in [0.15, 0.2) is 41.6 Å². The SMILES string of the molecule is CC(=O)/C(C#N)=N/Nc1cccc2cccnc12. The van der Waals surface area contributed by atoms with E-state index in [4.69, 9.17) is 5.26 Å². The van der Waals surface area contributed by atoms with Crippen LogP contribution in [0.3, 0.4) is 0 Å². The predicted octanol–water partition coefficient (Wildman–Crippen LogP) is 2.12. The second-order valence-corrected chi connectivity index (χ2v) is 3.62.